The number of carboxylic acid groups (broad SMARTS) is 2. The first-order valence-electron chi connectivity index (χ1n) is 7.91. The van der Waals surface area contributed by atoms with Crippen molar-refractivity contribution < 1.29 is 19.8 Å². The molecule has 4 heteroatoms. The highest BCUT2D eigenvalue weighted by atomic mass is 16.4. The molecule has 3 unspecified atom stereocenters. The van der Waals surface area contributed by atoms with Crippen molar-refractivity contribution in [3.8, 4) is 0 Å². The monoisotopic (exact) mass is 300 g/mol. The Morgan fingerprint density at radius 2 is 1.48 bits per heavy atom. The topological polar surface area (TPSA) is 74.6 Å². The summed E-state index contributed by atoms with van der Waals surface area (Å²) in [5, 5.41) is 18.2. The zero-order chi connectivity index (χ0) is 16.8. The number of aliphatic carboxylic acids is 2. The molecule has 0 aromatic carbocycles. The quantitative estimate of drug-likeness (QED) is 0.631. The summed E-state index contributed by atoms with van der Waals surface area (Å²) >= 11 is 0. The molecule has 2 N–H and O–H groups in total. The third-order valence-corrected chi connectivity index (χ3v) is 4.36. The maximum absolute atomic E-state index is 11.4. The van der Waals surface area contributed by atoms with Crippen LogP contribution in [-0.4, -0.2) is 22.2 Å². The Morgan fingerprint density at radius 1 is 0.952 bits per heavy atom. The van der Waals surface area contributed by atoms with Crippen molar-refractivity contribution in [3.05, 3.63) is 0 Å². The highest BCUT2D eigenvalue weighted by Gasteiger charge is 2.35. The standard InChI is InChI=1S/C17H32O4/c1-11(2)8-17(6,9-13(5)12(3)4)10-14(16(20)21)7-15(18)19/h11-14H,7-10H2,1-6H3,(H,18,19)(H,20,21). The van der Waals surface area contributed by atoms with Crippen LogP contribution in [0.1, 0.15) is 67.2 Å². The Kier molecular flexibility index (Phi) is 7.98. The van der Waals surface area contributed by atoms with Gasteiger partial charge in [-0.1, -0.05) is 41.5 Å². The fourth-order valence-electron chi connectivity index (χ4n) is 3.30. The lowest BCUT2D eigenvalue weighted by atomic mass is 9.68. The second-order valence-electron chi connectivity index (χ2n) is 7.67. The molecule has 0 rings (SSSR count). The van der Waals surface area contributed by atoms with Gasteiger partial charge in [0.15, 0.2) is 0 Å². The van der Waals surface area contributed by atoms with Crippen LogP contribution in [0.25, 0.3) is 0 Å². The maximum atomic E-state index is 11.4. The Hall–Kier alpha value is -1.06. The maximum Gasteiger partial charge on any atom is 0.307 e. The molecule has 0 saturated heterocycles. The Morgan fingerprint density at radius 3 is 1.81 bits per heavy atom. The molecule has 3 atom stereocenters. The zero-order valence-corrected chi connectivity index (χ0v) is 14.3. The Bertz CT molecular complexity index is 349. The van der Waals surface area contributed by atoms with Gasteiger partial charge in [-0.3, -0.25) is 9.59 Å². The predicted octanol–water partition coefficient (Wildman–Crippen LogP) is 4.29. The van der Waals surface area contributed by atoms with Crippen LogP contribution in [0.4, 0.5) is 0 Å². The van der Waals surface area contributed by atoms with E-state index in [1.807, 2.05) is 0 Å². The van der Waals surface area contributed by atoms with Crippen molar-refractivity contribution in [2.75, 3.05) is 0 Å². The molecule has 0 aliphatic heterocycles. The van der Waals surface area contributed by atoms with Gasteiger partial charge in [0.25, 0.3) is 0 Å². The van der Waals surface area contributed by atoms with Gasteiger partial charge in [-0.2, -0.15) is 0 Å². The summed E-state index contributed by atoms with van der Waals surface area (Å²) in [4.78, 5) is 22.2. The first-order valence-corrected chi connectivity index (χ1v) is 7.91. The van der Waals surface area contributed by atoms with Crippen LogP contribution in [0.15, 0.2) is 0 Å². The molecular formula is C17H32O4. The smallest absolute Gasteiger partial charge is 0.307 e. The number of carboxylic acids is 2. The summed E-state index contributed by atoms with van der Waals surface area (Å²) in [5.41, 5.74) is -0.129. The van der Waals surface area contributed by atoms with Gasteiger partial charge in [-0.15, -0.1) is 0 Å². The van der Waals surface area contributed by atoms with Gasteiger partial charge >= 0.3 is 11.9 Å². The van der Waals surface area contributed by atoms with Crippen LogP contribution in [0.5, 0.6) is 0 Å². The third kappa shape index (κ3) is 8.08. The summed E-state index contributed by atoms with van der Waals surface area (Å²) in [6.07, 6.45) is 2.00. The minimum absolute atomic E-state index is 0.129. The molecule has 0 spiro atoms. The van der Waals surface area contributed by atoms with E-state index in [1.165, 1.54) is 0 Å². The van der Waals surface area contributed by atoms with Crippen LogP contribution in [-0.2, 0) is 9.59 Å². The molecule has 0 aromatic heterocycles. The van der Waals surface area contributed by atoms with Crippen LogP contribution >= 0.6 is 0 Å². The van der Waals surface area contributed by atoms with Gasteiger partial charge in [-0.05, 0) is 42.4 Å². The molecule has 0 radical (unpaired) electrons. The van der Waals surface area contributed by atoms with Gasteiger partial charge < -0.3 is 10.2 Å². The fourth-order valence-corrected chi connectivity index (χ4v) is 3.30. The molecule has 0 heterocycles. The number of hydrogen-bond acceptors (Lipinski definition) is 2. The molecule has 4 nitrogen and oxygen atoms in total. The first-order chi connectivity index (χ1) is 9.46. The summed E-state index contributed by atoms with van der Waals surface area (Å²) in [5.74, 6) is -1.33. The van der Waals surface area contributed by atoms with Crippen molar-refractivity contribution in [1.82, 2.24) is 0 Å². The normalized spacial score (nSPS) is 17.5. The van der Waals surface area contributed by atoms with E-state index in [0.717, 1.165) is 12.8 Å². The highest BCUT2D eigenvalue weighted by molar-refractivity contribution is 5.77. The molecule has 0 bridgehead atoms. The first kappa shape index (κ1) is 19.9. The van der Waals surface area contributed by atoms with Crippen molar-refractivity contribution in [2.24, 2.45) is 29.1 Å². The van der Waals surface area contributed by atoms with E-state index in [0.29, 0.717) is 24.2 Å². The zero-order valence-electron chi connectivity index (χ0n) is 14.3. The molecule has 21 heavy (non-hydrogen) atoms. The van der Waals surface area contributed by atoms with E-state index in [4.69, 9.17) is 5.11 Å². The van der Waals surface area contributed by atoms with Crippen LogP contribution in [0, 0.1) is 29.1 Å². The summed E-state index contributed by atoms with van der Waals surface area (Å²) in [6.45, 7) is 12.9. The Balaban J connectivity index is 5.10. The van der Waals surface area contributed by atoms with Crippen molar-refractivity contribution in [2.45, 2.75) is 67.2 Å². The predicted molar refractivity (Wildman–Crippen MR) is 84.2 cm³/mol. The van der Waals surface area contributed by atoms with Crippen LogP contribution in [0.2, 0.25) is 0 Å². The van der Waals surface area contributed by atoms with E-state index in [1.54, 1.807) is 0 Å². The van der Waals surface area contributed by atoms with E-state index >= 15 is 0 Å². The molecule has 0 aliphatic carbocycles. The van der Waals surface area contributed by atoms with E-state index in [2.05, 4.69) is 41.5 Å². The molecule has 0 fully saturated rings. The average molecular weight is 300 g/mol. The third-order valence-electron chi connectivity index (χ3n) is 4.36. The van der Waals surface area contributed by atoms with Crippen LogP contribution in [0.3, 0.4) is 0 Å². The molecule has 124 valence electrons. The number of carbonyl (C=O) groups is 2. The summed E-state index contributed by atoms with van der Waals surface area (Å²) in [6, 6.07) is 0. The van der Waals surface area contributed by atoms with Crippen molar-refractivity contribution >= 4 is 11.9 Å². The van der Waals surface area contributed by atoms with E-state index < -0.39 is 17.9 Å². The minimum atomic E-state index is -1.04. The van der Waals surface area contributed by atoms with Gasteiger partial charge in [-0.25, -0.2) is 0 Å². The lowest BCUT2D eigenvalue weighted by molar-refractivity contribution is -0.149. The van der Waals surface area contributed by atoms with Gasteiger partial charge in [0.1, 0.15) is 0 Å². The SMILES string of the molecule is CC(C)CC(C)(CC(CC(=O)O)C(=O)O)CC(C)C(C)C. The van der Waals surface area contributed by atoms with Crippen LogP contribution < -0.4 is 0 Å². The van der Waals surface area contributed by atoms with E-state index in [9.17, 15) is 14.7 Å². The second-order valence-corrected chi connectivity index (χ2v) is 7.67. The average Bonchev–Trinajstić information content (AvgIpc) is 2.25. The molecule has 0 aromatic rings. The lowest BCUT2D eigenvalue weighted by Crippen LogP contribution is -2.30. The van der Waals surface area contributed by atoms with Gasteiger partial charge in [0.05, 0.1) is 12.3 Å². The van der Waals surface area contributed by atoms with Gasteiger partial charge in [0.2, 0.25) is 0 Å². The fraction of sp³-hybridized carbons (Fsp3) is 0.882. The summed E-state index contributed by atoms with van der Waals surface area (Å²) in [7, 11) is 0. The highest BCUT2D eigenvalue weighted by Crippen LogP contribution is 2.41. The Labute approximate surface area is 128 Å². The number of rotatable bonds is 10. The lowest BCUT2D eigenvalue weighted by Gasteiger charge is -2.37. The summed E-state index contributed by atoms with van der Waals surface area (Å²) < 4.78 is 0. The number of hydrogen-bond donors (Lipinski definition) is 2. The van der Waals surface area contributed by atoms with Crippen molar-refractivity contribution in [3.63, 3.8) is 0 Å². The van der Waals surface area contributed by atoms with E-state index in [-0.39, 0.29) is 11.8 Å². The molecule has 0 saturated carbocycles. The van der Waals surface area contributed by atoms with Crippen molar-refractivity contribution in [1.29, 1.82) is 0 Å². The largest absolute Gasteiger partial charge is 0.481 e. The second kappa shape index (κ2) is 8.40. The molecular weight excluding hydrogens is 268 g/mol. The van der Waals surface area contributed by atoms with Gasteiger partial charge in [0, 0.05) is 0 Å². The molecule has 0 amide bonds. The minimum Gasteiger partial charge on any atom is -0.481 e. The molecule has 0 aliphatic rings.